The van der Waals surface area contributed by atoms with E-state index >= 15 is 0 Å². The maximum absolute atomic E-state index is 9.33. The molecule has 0 heterocycles. The van der Waals surface area contributed by atoms with Crippen LogP contribution in [0.15, 0.2) is 0 Å². The molecule has 0 spiro atoms. The lowest BCUT2D eigenvalue weighted by Gasteiger charge is -2.18. The molecule has 0 saturated heterocycles. The molecule has 0 saturated carbocycles. The summed E-state index contributed by atoms with van der Waals surface area (Å²) in [5, 5.41) is 9.33. The van der Waals surface area contributed by atoms with Crippen LogP contribution in [0.2, 0.25) is 0 Å². The second-order valence-corrected chi connectivity index (χ2v) is 2.78. The lowest BCUT2D eigenvalue weighted by molar-refractivity contribution is -0.171. The van der Waals surface area contributed by atoms with Crippen molar-refractivity contribution in [1.82, 2.24) is 0 Å². The Balaban J connectivity index is 3.35. The van der Waals surface area contributed by atoms with Crippen molar-refractivity contribution < 1.29 is 14.6 Å². The van der Waals surface area contributed by atoms with Gasteiger partial charge in [-0.15, -0.1) is 0 Å². The number of rotatable bonds is 7. The fourth-order valence-corrected chi connectivity index (χ4v) is 0.829. The minimum atomic E-state index is -0.781. The molecule has 2 unspecified atom stereocenters. The molecule has 0 aromatic carbocycles. The van der Waals surface area contributed by atoms with Crippen LogP contribution in [0.4, 0.5) is 0 Å². The van der Waals surface area contributed by atoms with Crippen molar-refractivity contribution in [2.24, 2.45) is 0 Å². The van der Waals surface area contributed by atoms with Gasteiger partial charge in [0.2, 0.25) is 0 Å². The molecule has 0 bridgehead atoms. The smallest absolute Gasteiger partial charge is 0.180 e. The molecular weight excluding hydrogens is 156 g/mol. The third kappa shape index (κ3) is 5.52. The Hall–Kier alpha value is -0.120. The van der Waals surface area contributed by atoms with E-state index in [1.54, 1.807) is 6.92 Å². The third-order valence-corrected chi connectivity index (χ3v) is 1.62. The van der Waals surface area contributed by atoms with Gasteiger partial charge in [-0.05, 0) is 20.3 Å². The topological polar surface area (TPSA) is 38.7 Å². The summed E-state index contributed by atoms with van der Waals surface area (Å²) < 4.78 is 10.3. The van der Waals surface area contributed by atoms with Gasteiger partial charge in [-0.25, -0.2) is 0 Å². The minimum Gasteiger partial charge on any atom is -0.374 e. The quantitative estimate of drug-likeness (QED) is 0.472. The average molecular weight is 176 g/mol. The first kappa shape index (κ1) is 11.9. The van der Waals surface area contributed by atoms with Crippen LogP contribution in [-0.2, 0) is 9.47 Å². The predicted octanol–water partition coefficient (Wildman–Crippen LogP) is 1.55. The summed E-state index contributed by atoms with van der Waals surface area (Å²) in [4.78, 5) is 0. The number of aliphatic hydroxyl groups is 1. The monoisotopic (exact) mass is 176 g/mol. The molecule has 0 fully saturated rings. The first-order valence-corrected chi connectivity index (χ1v) is 4.63. The van der Waals surface area contributed by atoms with Crippen LogP contribution in [0.25, 0.3) is 0 Å². The number of aliphatic hydroxyl groups excluding tert-OH is 1. The Kier molecular flexibility index (Phi) is 7.45. The zero-order valence-electron chi connectivity index (χ0n) is 8.25. The van der Waals surface area contributed by atoms with E-state index in [4.69, 9.17) is 9.47 Å². The van der Waals surface area contributed by atoms with Crippen molar-refractivity contribution in [3.05, 3.63) is 0 Å². The summed E-state index contributed by atoms with van der Waals surface area (Å²) in [6, 6.07) is 0. The highest BCUT2D eigenvalue weighted by Crippen LogP contribution is 2.01. The lowest BCUT2D eigenvalue weighted by atomic mass is 10.3. The van der Waals surface area contributed by atoms with E-state index in [-0.39, 0.29) is 6.10 Å². The molecule has 1 N–H and O–H groups in total. The molecule has 74 valence electrons. The SMILES string of the molecule is CCCCOC(O)C(C)OCC. The van der Waals surface area contributed by atoms with Gasteiger partial charge in [0.05, 0.1) is 0 Å². The zero-order chi connectivity index (χ0) is 9.40. The van der Waals surface area contributed by atoms with Gasteiger partial charge in [0.1, 0.15) is 6.10 Å². The van der Waals surface area contributed by atoms with Crippen molar-refractivity contribution in [2.75, 3.05) is 13.2 Å². The Morgan fingerprint density at radius 2 is 1.92 bits per heavy atom. The normalized spacial score (nSPS) is 16.0. The summed E-state index contributed by atoms with van der Waals surface area (Å²) in [5.41, 5.74) is 0. The van der Waals surface area contributed by atoms with Crippen molar-refractivity contribution in [2.45, 2.75) is 46.0 Å². The van der Waals surface area contributed by atoms with Crippen LogP contribution in [0.3, 0.4) is 0 Å². The number of hydrogen-bond donors (Lipinski definition) is 1. The molecule has 2 atom stereocenters. The van der Waals surface area contributed by atoms with E-state index in [2.05, 4.69) is 6.92 Å². The fraction of sp³-hybridized carbons (Fsp3) is 1.00. The number of ether oxygens (including phenoxy) is 2. The Morgan fingerprint density at radius 1 is 1.25 bits per heavy atom. The van der Waals surface area contributed by atoms with Gasteiger partial charge in [0.15, 0.2) is 6.29 Å². The van der Waals surface area contributed by atoms with Crippen LogP contribution in [-0.4, -0.2) is 30.7 Å². The van der Waals surface area contributed by atoms with Gasteiger partial charge in [-0.3, -0.25) is 0 Å². The minimum absolute atomic E-state index is 0.230. The van der Waals surface area contributed by atoms with Crippen LogP contribution < -0.4 is 0 Å². The molecule has 3 nitrogen and oxygen atoms in total. The molecule has 0 aliphatic carbocycles. The molecule has 0 aliphatic heterocycles. The second-order valence-electron chi connectivity index (χ2n) is 2.78. The van der Waals surface area contributed by atoms with Crippen LogP contribution in [0, 0.1) is 0 Å². The van der Waals surface area contributed by atoms with Crippen LogP contribution in [0.5, 0.6) is 0 Å². The maximum Gasteiger partial charge on any atom is 0.180 e. The lowest BCUT2D eigenvalue weighted by Crippen LogP contribution is -2.29. The molecular formula is C9H20O3. The van der Waals surface area contributed by atoms with Crippen molar-refractivity contribution in [3.8, 4) is 0 Å². The summed E-state index contributed by atoms with van der Waals surface area (Å²) in [5.74, 6) is 0. The van der Waals surface area contributed by atoms with Gasteiger partial charge < -0.3 is 14.6 Å². The highest BCUT2D eigenvalue weighted by Gasteiger charge is 2.13. The average Bonchev–Trinajstić information content (AvgIpc) is 2.05. The second kappa shape index (κ2) is 7.53. The number of hydrogen-bond acceptors (Lipinski definition) is 3. The largest absolute Gasteiger partial charge is 0.374 e. The summed E-state index contributed by atoms with van der Waals surface area (Å²) >= 11 is 0. The molecule has 12 heavy (non-hydrogen) atoms. The molecule has 0 aliphatic rings. The third-order valence-electron chi connectivity index (χ3n) is 1.62. The van der Waals surface area contributed by atoms with E-state index in [1.807, 2.05) is 6.92 Å². The standard InChI is InChI=1S/C9H20O3/c1-4-6-7-12-9(10)8(3)11-5-2/h8-10H,4-7H2,1-3H3. The van der Waals surface area contributed by atoms with Crippen LogP contribution >= 0.6 is 0 Å². The van der Waals surface area contributed by atoms with Crippen molar-refractivity contribution in [1.29, 1.82) is 0 Å². The first-order valence-electron chi connectivity index (χ1n) is 4.63. The van der Waals surface area contributed by atoms with Gasteiger partial charge in [-0.2, -0.15) is 0 Å². The van der Waals surface area contributed by atoms with Crippen molar-refractivity contribution >= 4 is 0 Å². The molecule has 0 rings (SSSR count). The molecule has 0 aromatic heterocycles. The summed E-state index contributed by atoms with van der Waals surface area (Å²) in [6.45, 7) is 7.00. The first-order chi connectivity index (χ1) is 5.72. The summed E-state index contributed by atoms with van der Waals surface area (Å²) in [6.07, 6.45) is 1.05. The molecule has 0 radical (unpaired) electrons. The zero-order valence-corrected chi connectivity index (χ0v) is 8.25. The van der Waals surface area contributed by atoms with E-state index in [9.17, 15) is 5.11 Å². The van der Waals surface area contributed by atoms with E-state index < -0.39 is 6.29 Å². The predicted molar refractivity (Wildman–Crippen MR) is 48.0 cm³/mol. The Labute approximate surface area is 74.7 Å². The summed E-state index contributed by atoms with van der Waals surface area (Å²) in [7, 11) is 0. The van der Waals surface area contributed by atoms with Crippen molar-refractivity contribution in [3.63, 3.8) is 0 Å². The van der Waals surface area contributed by atoms with E-state index in [0.717, 1.165) is 12.8 Å². The van der Waals surface area contributed by atoms with Gasteiger partial charge >= 0.3 is 0 Å². The highest BCUT2D eigenvalue weighted by molar-refractivity contribution is 4.52. The fourth-order valence-electron chi connectivity index (χ4n) is 0.829. The Morgan fingerprint density at radius 3 is 2.42 bits per heavy atom. The molecule has 3 heteroatoms. The highest BCUT2D eigenvalue weighted by atomic mass is 16.6. The van der Waals surface area contributed by atoms with Crippen LogP contribution in [0.1, 0.15) is 33.6 Å². The Bertz CT molecular complexity index is 95.8. The van der Waals surface area contributed by atoms with E-state index in [1.165, 1.54) is 0 Å². The van der Waals surface area contributed by atoms with Gasteiger partial charge in [-0.1, -0.05) is 13.3 Å². The van der Waals surface area contributed by atoms with Gasteiger partial charge in [0.25, 0.3) is 0 Å². The van der Waals surface area contributed by atoms with E-state index in [0.29, 0.717) is 13.2 Å². The van der Waals surface area contributed by atoms with Gasteiger partial charge in [0, 0.05) is 13.2 Å². The molecule has 0 amide bonds. The molecule has 0 aromatic rings. The maximum atomic E-state index is 9.33. The number of unbranched alkanes of at least 4 members (excludes halogenated alkanes) is 1.